The van der Waals surface area contributed by atoms with E-state index in [4.69, 9.17) is 0 Å². The fraction of sp³-hybridized carbons (Fsp3) is 0.417. The van der Waals surface area contributed by atoms with Crippen LogP contribution in [-0.4, -0.2) is 31.4 Å². The van der Waals surface area contributed by atoms with Gasteiger partial charge in [0.2, 0.25) is 5.91 Å². The minimum absolute atomic E-state index is 0.179. The Balaban J connectivity index is 2.15. The highest BCUT2D eigenvalue weighted by atomic mass is 16.2. The Morgan fingerprint density at radius 3 is 2.67 bits per heavy atom. The van der Waals surface area contributed by atoms with Crippen LogP contribution in [0.2, 0.25) is 0 Å². The molecule has 1 N–H and O–H groups in total. The first-order valence-corrected chi connectivity index (χ1v) is 5.10. The average molecular weight is 205 g/mol. The fourth-order valence-corrected chi connectivity index (χ4v) is 1.20. The SMILES string of the molecule is CN(C)C(=O)CCCNc1cc[c]cc1. The molecule has 0 heterocycles. The van der Waals surface area contributed by atoms with Gasteiger partial charge < -0.3 is 10.2 Å². The number of rotatable bonds is 5. The van der Waals surface area contributed by atoms with Gasteiger partial charge in [0, 0.05) is 32.7 Å². The summed E-state index contributed by atoms with van der Waals surface area (Å²) in [6, 6.07) is 10.6. The van der Waals surface area contributed by atoms with Crippen LogP contribution in [0.15, 0.2) is 24.3 Å². The summed E-state index contributed by atoms with van der Waals surface area (Å²) in [5.41, 5.74) is 1.08. The molecule has 0 aliphatic carbocycles. The zero-order chi connectivity index (χ0) is 11.1. The third-order valence-corrected chi connectivity index (χ3v) is 2.11. The van der Waals surface area contributed by atoms with Gasteiger partial charge in [-0.3, -0.25) is 4.79 Å². The first kappa shape index (κ1) is 11.6. The van der Waals surface area contributed by atoms with Gasteiger partial charge in [-0.05, 0) is 24.6 Å². The number of amides is 1. The molecule has 0 saturated heterocycles. The van der Waals surface area contributed by atoms with E-state index in [1.165, 1.54) is 0 Å². The van der Waals surface area contributed by atoms with Crippen molar-refractivity contribution in [3.63, 3.8) is 0 Å². The van der Waals surface area contributed by atoms with Gasteiger partial charge in [-0.25, -0.2) is 0 Å². The minimum Gasteiger partial charge on any atom is -0.385 e. The second-order valence-corrected chi connectivity index (χ2v) is 3.61. The van der Waals surface area contributed by atoms with Gasteiger partial charge in [-0.15, -0.1) is 0 Å². The monoisotopic (exact) mass is 205 g/mol. The van der Waals surface area contributed by atoms with Crippen LogP contribution in [-0.2, 0) is 4.79 Å². The van der Waals surface area contributed by atoms with Gasteiger partial charge in [0.1, 0.15) is 0 Å². The zero-order valence-corrected chi connectivity index (χ0v) is 9.29. The van der Waals surface area contributed by atoms with Crippen LogP contribution >= 0.6 is 0 Å². The Morgan fingerprint density at radius 1 is 1.40 bits per heavy atom. The molecule has 0 spiro atoms. The number of anilines is 1. The quantitative estimate of drug-likeness (QED) is 0.743. The highest BCUT2D eigenvalue weighted by Crippen LogP contribution is 2.04. The number of nitrogens with zero attached hydrogens (tertiary/aromatic N) is 1. The summed E-state index contributed by atoms with van der Waals surface area (Å²) < 4.78 is 0. The van der Waals surface area contributed by atoms with Gasteiger partial charge in [0.25, 0.3) is 0 Å². The number of nitrogens with one attached hydrogen (secondary N) is 1. The fourth-order valence-electron chi connectivity index (χ4n) is 1.20. The minimum atomic E-state index is 0.179. The van der Waals surface area contributed by atoms with Crippen molar-refractivity contribution >= 4 is 11.6 Å². The number of hydrogen-bond donors (Lipinski definition) is 1. The van der Waals surface area contributed by atoms with Crippen LogP contribution in [0.25, 0.3) is 0 Å². The van der Waals surface area contributed by atoms with Gasteiger partial charge in [0.05, 0.1) is 0 Å². The van der Waals surface area contributed by atoms with Crippen molar-refractivity contribution in [2.75, 3.05) is 26.0 Å². The third kappa shape index (κ3) is 4.49. The Hall–Kier alpha value is -1.51. The summed E-state index contributed by atoms with van der Waals surface area (Å²) in [7, 11) is 3.56. The highest BCUT2D eigenvalue weighted by Gasteiger charge is 2.02. The predicted molar refractivity (Wildman–Crippen MR) is 61.7 cm³/mol. The Labute approximate surface area is 91.1 Å². The normalized spacial score (nSPS) is 9.73. The smallest absolute Gasteiger partial charge is 0.222 e. The highest BCUT2D eigenvalue weighted by molar-refractivity contribution is 5.75. The Morgan fingerprint density at radius 2 is 2.07 bits per heavy atom. The van der Waals surface area contributed by atoms with Gasteiger partial charge >= 0.3 is 0 Å². The maximum Gasteiger partial charge on any atom is 0.222 e. The molecule has 1 radical (unpaired) electrons. The van der Waals surface area contributed by atoms with E-state index in [1.807, 2.05) is 24.3 Å². The second-order valence-electron chi connectivity index (χ2n) is 3.61. The molecule has 0 aliphatic rings. The molecule has 1 aromatic carbocycles. The van der Waals surface area contributed by atoms with Crippen LogP contribution in [0, 0.1) is 6.07 Å². The number of carbonyl (C=O) groups is 1. The van der Waals surface area contributed by atoms with Crippen molar-refractivity contribution in [2.24, 2.45) is 0 Å². The van der Waals surface area contributed by atoms with Gasteiger partial charge in [-0.2, -0.15) is 0 Å². The lowest BCUT2D eigenvalue weighted by molar-refractivity contribution is -0.128. The summed E-state index contributed by atoms with van der Waals surface area (Å²) in [6.07, 6.45) is 1.45. The van der Waals surface area contributed by atoms with E-state index in [9.17, 15) is 4.79 Å². The van der Waals surface area contributed by atoms with E-state index in [2.05, 4.69) is 11.4 Å². The topological polar surface area (TPSA) is 32.3 Å². The first-order valence-electron chi connectivity index (χ1n) is 5.10. The van der Waals surface area contributed by atoms with E-state index in [-0.39, 0.29) is 5.91 Å². The molecule has 0 atom stereocenters. The molecule has 0 fully saturated rings. The second kappa shape index (κ2) is 6.06. The molecule has 1 aromatic rings. The van der Waals surface area contributed by atoms with E-state index < -0.39 is 0 Å². The molecule has 3 heteroatoms. The first-order chi connectivity index (χ1) is 7.20. The summed E-state index contributed by atoms with van der Waals surface area (Å²) in [6.45, 7) is 0.823. The van der Waals surface area contributed by atoms with Crippen LogP contribution < -0.4 is 5.32 Å². The van der Waals surface area contributed by atoms with E-state index in [0.717, 1.165) is 18.7 Å². The van der Waals surface area contributed by atoms with Crippen LogP contribution in [0.1, 0.15) is 12.8 Å². The number of hydrogen-bond acceptors (Lipinski definition) is 2. The molecule has 0 bridgehead atoms. The number of carbonyl (C=O) groups excluding carboxylic acids is 1. The molecule has 0 aliphatic heterocycles. The summed E-state index contributed by atoms with van der Waals surface area (Å²) >= 11 is 0. The Kier molecular flexibility index (Phi) is 4.68. The summed E-state index contributed by atoms with van der Waals surface area (Å²) in [4.78, 5) is 12.9. The maximum absolute atomic E-state index is 11.2. The van der Waals surface area contributed by atoms with Crippen molar-refractivity contribution in [1.29, 1.82) is 0 Å². The van der Waals surface area contributed by atoms with Crippen LogP contribution in [0.5, 0.6) is 0 Å². The molecule has 1 amide bonds. The lowest BCUT2D eigenvalue weighted by Gasteiger charge is -2.10. The van der Waals surface area contributed by atoms with E-state index >= 15 is 0 Å². The van der Waals surface area contributed by atoms with Crippen molar-refractivity contribution < 1.29 is 4.79 Å². The largest absolute Gasteiger partial charge is 0.385 e. The average Bonchev–Trinajstić information content (AvgIpc) is 2.25. The molecule has 81 valence electrons. The predicted octanol–water partition coefficient (Wildman–Crippen LogP) is 1.77. The maximum atomic E-state index is 11.2. The Bertz CT molecular complexity index is 296. The molecule has 0 unspecified atom stereocenters. The van der Waals surface area contributed by atoms with E-state index in [1.54, 1.807) is 19.0 Å². The summed E-state index contributed by atoms with van der Waals surface area (Å²) in [5, 5.41) is 3.25. The summed E-state index contributed by atoms with van der Waals surface area (Å²) in [5.74, 6) is 0.179. The van der Waals surface area contributed by atoms with Crippen molar-refractivity contribution in [3.8, 4) is 0 Å². The molecular weight excluding hydrogens is 188 g/mol. The zero-order valence-electron chi connectivity index (χ0n) is 9.29. The van der Waals surface area contributed by atoms with Crippen molar-refractivity contribution in [2.45, 2.75) is 12.8 Å². The molecule has 0 aromatic heterocycles. The lowest BCUT2D eigenvalue weighted by Crippen LogP contribution is -2.21. The third-order valence-electron chi connectivity index (χ3n) is 2.11. The van der Waals surface area contributed by atoms with Crippen LogP contribution in [0.4, 0.5) is 5.69 Å². The molecule has 3 nitrogen and oxygen atoms in total. The van der Waals surface area contributed by atoms with Gasteiger partial charge in [0.15, 0.2) is 0 Å². The van der Waals surface area contributed by atoms with Crippen molar-refractivity contribution in [3.05, 3.63) is 30.3 Å². The molecule has 0 saturated carbocycles. The van der Waals surface area contributed by atoms with Gasteiger partial charge in [-0.1, -0.05) is 12.1 Å². The van der Waals surface area contributed by atoms with E-state index in [0.29, 0.717) is 6.42 Å². The molecule has 1 rings (SSSR count). The molecule has 15 heavy (non-hydrogen) atoms. The van der Waals surface area contributed by atoms with Crippen molar-refractivity contribution in [1.82, 2.24) is 4.90 Å². The number of benzene rings is 1. The lowest BCUT2D eigenvalue weighted by atomic mass is 10.2. The van der Waals surface area contributed by atoms with Crippen LogP contribution in [0.3, 0.4) is 0 Å². The standard InChI is InChI=1S/C12H17N2O/c1-14(2)12(15)9-6-10-13-11-7-4-3-5-8-11/h4-5,7-8,13H,6,9-10H2,1-2H3. The molecular formula is C12H17N2O.